The Bertz CT molecular complexity index is 1320. The van der Waals surface area contributed by atoms with E-state index in [1.54, 1.807) is 0 Å². The van der Waals surface area contributed by atoms with Gasteiger partial charge in [0.1, 0.15) is 5.69 Å². The van der Waals surface area contributed by atoms with E-state index in [2.05, 4.69) is 20.3 Å². The highest BCUT2D eigenvalue weighted by atomic mass is 16.2. The number of nitrogens with zero attached hydrogens (tertiary/aromatic N) is 4. The fourth-order valence-corrected chi connectivity index (χ4v) is 4.64. The molecular formula is C27H30N6O2. The third-order valence-electron chi connectivity index (χ3n) is 6.63. The molecule has 0 aliphatic carbocycles. The number of para-hydroxylation sites is 2. The zero-order valence-corrected chi connectivity index (χ0v) is 20.1. The van der Waals surface area contributed by atoms with Crippen LogP contribution in [0.4, 0.5) is 5.69 Å². The molecule has 1 aliphatic heterocycles. The molecule has 3 heterocycles. The van der Waals surface area contributed by atoms with Crippen LogP contribution in [0.15, 0.2) is 60.7 Å². The second-order valence-electron chi connectivity index (χ2n) is 9.00. The summed E-state index contributed by atoms with van der Waals surface area (Å²) < 4.78 is 1.86. The average molecular weight is 471 g/mol. The quantitative estimate of drug-likeness (QED) is 0.449. The summed E-state index contributed by atoms with van der Waals surface area (Å²) in [7, 11) is 0. The van der Waals surface area contributed by atoms with Crippen LogP contribution in [-0.4, -0.2) is 69.1 Å². The SMILES string of the molecule is Cc1nn(-c2ccccc2)c(C)c1NC(=O)CCN1CCN(C(=O)c2cc3ccccc3[nH]2)CC1. The van der Waals surface area contributed by atoms with Crippen LogP contribution in [0.3, 0.4) is 0 Å². The van der Waals surface area contributed by atoms with Gasteiger partial charge in [0.15, 0.2) is 0 Å². The predicted molar refractivity (Wildman–Crippen MR) is 137 cm³/mol. The van der Waals surface area contributed by atoms with Crippen molar-refractivity contribution < 1.29 is 9.59 Å². The topological polar surface area (TPSA) is 86.3 Å². The fourth-order valence-electron chi connectivity index (χ4n) is 4.64. The number of anilines is 1. The zero-order chi connectivity index (χ0) is 24.4. The van der Waals surface area contributed by atoms with Gasteiger partial charge in [-0.1, -0.05) is 36.4 Å². The van der Waals surface area contributed by atoms with Gasteiger partial charge >= 0.3 is 0 Å². The Hall–Kier alpha value is -3.91. The molecule has 2 aromatic heterocycles. The predicted octanol–water partition coefficient (Wildman–Crippen LogP) is 3.76. The molecule has 0 atom stereocenters. The summed E-state index contributed by atoms with van der Waals surface area (Å²) in [4.78, 5) is 33.0. The minimum Gasteiger partial charge on any atom is -0.351 e. The Labute approximate surface area is 204 Å². The molecule has 1 saturated heterocycles. The van der Waals surface area contributed by atoms with Crippen molar-refractivity contribution in [2.24, 2.45) is 0 Å². The van der Waals surface area contributed by atoms with E-state index in [1.165, 1.54) is 0 Å². The molecule has 0 spiro atoms. The van der Waals surface area contributed by atoms with E-state index in [4.69, 9.17) is 0 Å². The van der Waals surface area contributed by atoms with E-state index in [1.807, 2.05) is 84.1 Å². The van der Waals surface area contributed by atoms with Gasteiger partial charge in [-0.2, -0.15) is 5.10 Å². The van der Waals surface area contributed by atoms with Crippen LogP contribution in [0, 0.1) is 13.8 Å². The van der Waals surface area contributed by atoms with E-state index in [0.29, 0.717) is 31.7 Å². The highest BCUT2D eigenvalue weighted by molar-refractivity contribution is 5.98. The molecule has 1 fully saturated rings. The van der Waals surface area contributed by atoms with Gasteiger partial charge < -0.3 is 15.2 Å². The smallest absolute Gasteiger partial charge is 0.270 e. The lowest BCUT2D eigenvalue weighted by Gasteiger charge is -2.34. The Kier molecular flexibility index (Phi) is 6.37. The van der Waals surface area contributed by atoms with Gasteiger partial charge in [0.2, 0.25) is 5.91 Å². The van der Waals surface area contributed by atoms with Crippen LogP contribution >= 0.6 is 0 Å². The number of fused-ring (bicyclic) bond motifs is 1. The maximum atomic E-state index is 12.9. The molecule has 2 aromatic carbocycles. The van der Waals surface area contributed by atoms with E-state index < -0.39 is 0 Å². The molecular weight excluding hydrogens is 440 g/mol. The Morgan fingerprint density at radius 1 is 0.971 bits per heavy atom. The maximum Gasteiger partial charge on any atom is 0.270 e. The number of aromatic amines is 1. The molecule has 0 radical (unpaired) electrons. The van der Waals surface area contributed by atoms with Crippen molar-refractivity contribution in [2.45, 2.75) is 20.3 Å². The maximum absolute atomic E-state index is 12.9. The number of carbonyl (C=O) groups is 2. The van der Waals surface area contributed by atoms with E-state index >= 15 is 0 Å². The number of amides is 2. The first-order chi connectivity index (χ1) is 17.0. The average Bonchev–Trinajstić information content (AvgIpc) is 3.44. The van der Waals surface area contributed by atoms with Crippen LogP contribution < -0.4 is 5.32 Å². The zero-order valence-electron chi connectivity index (χ0n) is 20.1. The van der Waals surface area contributed by atoms with Gasteiger partial charge in [-0.05, 0) is 38.1 Å². The monoisotopic (exact) mass is 470 g/mol. The summed E-state index contributed by atoms with van der Waals surface area (Å²) in [5.41, 5.74) is 5.04. The lowest BCUT2D eigenvalue weighted by molar-refractivity contribution is -0.116. The first-order valence-electron chi connectivity index (χ1n) is 12.0. The van der Waals surface area contributed by atoms with E-state index in [-0.39, 0.29) is 11.8 Å². The molecule has 180 valence electrons. The Morgan fingerprint density at radius 2 is 1.69 bits per heavy atom. The third kappa shape index (κ3) is 4.83. The largest absolute Gasteiger partial charge is 0.351 e. The van der Waals surface area contributed by atoms with Crippen molar-refractivity contribution in [3.63, 3.8) is 0 Å². The van der Waals surface area contributed by atoms with Crippen molar-refractivity contribution >= 4 is 28.4 Å². The van der Waals surface area contributed by atoms with Crippen LogP contribution in [-0.2, 0) is 4.79 Å². The third-order valence-corrected chi connectivity index (χ3v) is 6.63. The van der Waals surface area contributed by atoms with E-state index in [0.717, 1.165) is 46.8 Å². The van der Waals surface area contributed by atoms with E-state index in [9.17, 15) is 9.59 Å². The second-order valence-corrected chi connectivity index (χ2v) is 9.00. The first-order valence-corrected chi connectivity index (χ1v) is 12.0. The van der Waals surface area contributed by atoms with Crippen LogP contribution in [0.5, 0.6) is 0 Å². The molecule has 5 rings (SSSR count). The second kappa shape index (κ2) is 9.76. The van der Waals surface area contributed by atoms with Gasteiger partial charge in [-0.15, -0.1) is 0 Å². The number of nitrogens with one attached hydrogen (secondary N) is 2. The Morgan fingerprint density at radius 3 is 2.43 bits per heavy atom. The Balaban J connectivity index is 1.12. The lowest BCUT2D eigenvalue weighted by Crippen LogP contribution is -2.49. The molecule has 0 bridgehead atoms. The molecule has 1 aliphatic rings. The summed E-state index contributed by atoms with van der Waals surface area (Å²) in [6, 6.07) is 19.7. The van der Waals surface area contributed by atoms with Crippen LogP contribution in [0.25, 0.3) is 16.6 Å². The van der Waals surface area contributed by atoms with Crippen LogP contribution in [0.1, 0.15) is 28.3 Å². The van der Waals surface area contributed by atoms with Gasteiger partial charge in [0.05, 0.1) is 22.8 Å². The fraction of sp³-hybridized carbons (Fsp3) is 0.296. The highest BCUT2D eigenvalue weighted by Gasteiger charge is 2.24. The number of aromatic nitrogens is 3. The van der Waals surface area contributed by atoms with Gasteiger partial charge in [-0.3, -0.25) is 14.5 Å². The van der Waals surface area contributed by atoms with Crippen molar-refractivity contribution in [3.05, 3.63) is 77.7 Å². The van der Waals surface area contributed by atoms with Crippen molar-refractivity contribution in [2.75, 3.05) is 38.0 Å². The highest BCUT2D eigenvalue weighted by Crippen LogP contribution is 2.23. The van der Waals surface area contributed by atoms with Gasteiger partial charge in [0.25, 0.3) is 5.91 Å². The molecule has 2 N–H and O–H groups in total. The standard InChI is InChI=1S/C27H30N6O2/c1-19-26(20(2)33(30-19)22-9-4-3-5-10-22)29-25(34)12-13-31-14-16-32(17-15-31)27(35)24-18-21-8-6-7-11-23(21)28-24/h3-11,18,28H,12-17H2,1-2H3,(H,29,34). The summed E-state index contributed by atoms with van der Waals surface area (Å²) in [5.74, 6) is 0.000338. The lowest BCUT2D eigenvalue weighted by atomic mass is 10.2. The van der Waals surface area contributed by atoms with Gasteiger partial charge in [-0.25, -0.2) is 4.68 Å². The molecule has 35 heavy (non-hydrogen) atoms. The molecule has 4 aromatic rings. The van der Waals surface area contributed by atoms with Crippen molar-refractivity contribution in [3.8, 4) is 5.69 Å². The number of piperazine rings is 1. The first kappa shape index (κ1) is 22.9. The minimum atomic E-state index is -0.0274. The number of hydrogen-bond donors (Lipinski definition) is 2. The number of benzene rings is 2. The molecule has 0 saturated carbocycles. The van der Waals surface area contributed by atoms with Crippen molar-refractivity contribution in [1.29, 1.82) is 0 Å². The number of carbonyl (C=O) groups excluding carboxylic acids is 2. The van der Waals surface area contributed by atoms with Gasteiger partial charge in [0, 0.05) is 50.0 Å². The summed E-state index contributed by atoms with van der Waals surface area (Å²) in [5, 5.41) is 8.69. The normalized spacial score (nSPS) is 14.4. The number of H-pyrrole nitrogens is 1. The molecule has 8 heteroatoms. The summed E-state index contributed by atoms with van der Waals surface area (Å²) in [6.07, 6.45) is 0.394. The molecule has 2 amide bonds. The molecule has 0 unspecified atom stereocenters. The number of rotatable bonds is 6. The van der Waals surface area contributed by atoms with Crippen molar-refractivity contribution in [1.82, 2.24) is 24.6 Å². The number of aryl methyl sites for hydroxylation is 1. The minimum absolute atomic E-state index is 0.0274. The number of hydrogen-bond acceptors (Lipinski definition) is 4. The molecule has 8 nitrogen and oxygen atoms in total. The van der Waals surface area contributed by atoms with Crippen LogP contribution in [0.2, 0.25) is 0 Å². The summed E-state index contributed by atoms with van der Waals surface area (Å²) >= 11 is 0. The summed E-state index contributed by atoms with van der Waals surface area (Å²) in [6.45, 7) is 7.34.